The van der Waals surface area contributed by atoms with E-state index in [1.54, 1.807) is 31.2 Å². The molecule has 6 nitrogen and oxygen atoms in total. The summed E-state index contributed by atoms with van der Waals surface area (Å²) in [6, 6.07) is 13.9. The van der Waals surface area contributed by atoms with Gasteiger partial charge in [0.15, 0.2) is 0 Å². The number of hydrogen-bond donors (Lipinski definition) is 2. The topological polar surface area (TPSA) is 88.3 Å². The van der Waals surface area contributed by atoms with Gasteiger partial charge in [-0.2, -0.15) is 0 Å². The van der Waals surface area contributed by atoms with Crippen molar-refractivity contribution in [1.29, 1.82) is 0 Å². The Morgan fingerprint density at radius 1 is 1.12 bits per heavy atom. The number of sulfonamides is 1. The quantitative estimate of drug-likeness (QED) is 0.733. The van der Waals surface area contributed by atoms with Gasteiger partial charge in [0.05, 0.1) is 7.11 Å². The van der Waals surface area contributed by atoms with Crippen LogP contribution in [0, 0.1) is 6.92 Å². The van der Waals surface area contributed by atoms with Gasteiger partial charge in [0, 0.05) is 17.6 Å². The fourth-order valence-corrected chi connectivity index (χ4v) is 3.83. The number of aromatic nitrogens is 1. The van der Waals surface area contributed by atoms with Gasteiger partial charge in [0.2, 0.25) is 10.0 Å². The number of ether oxygens (including phenoxy) is 1. The van der Waals surface area contributed by atoms with Crippen LogP contribution in [0.3, 0.4) is 0 Å². The lowest BCUT2D eigenvalue weighted by molar-refractivity contribution is 0.402. The van der Waals surface area contributed by atoms with Gasteiger partial charge < -0.3 is 9.72 Å². The molecule has 0 amide bonds. The zero-order valence-corrected chi connectivity index (χ0v) is 14.7. The van der Waals surface area contributed by atoms with E-state index < -0.39 is 10.0 Å². The van der Waals surface area contributed by atoms with Crippen molar-refractivity contribution in [3.8, 4) is 5.75 Å². The van der Waals surface area contributed by atoms with Gasteiger partial charge in [0.1, 0.15) is 10.6 Å². The van der Waals surface area contributed by atoms with Crippen LogP contribution >= 0.6 is 0 Å². The lowest BCUT2D eigenvalue weighted by atomic mass is 10.1. The first kappa shape index (κ1) is 17.2. The fourth-order valence-electron chi connectivity index (χ4n) is 2.57. The van der Waals surface area contributed by atoms with E-state index in [0.29, 0.717) is 11.1 Å². The molecule has 0 atom stereocenters. The Bertz CT molecular complexity index is 1090. The number of fused-ring (bicyclic) bond motifs is 1. The average Bonchev–Trinajstić information content (AvgIpc) is 2.60. The molecule has 2 N–H and O–H groups in total. The normalized spacial score (nSPS) is 11.6. The molecular formula is C18H18N2O4S. The first-order valence-electron chi connectivity index (χ1n) is 7.66. The lowest BCUT2D eigenvalue weighted by Gasteiger charge is -2.11. The third kappa shape index (κ3) is 3.57. The predicted octanol–water partition coefficient (Wildman–Crippen LogP) is 2.32. The lowest BCUT2D eigenvalue weighted by Crippen LogP contribution is -2.27. The van der Waals surface area contributed by atoms with Crippen LogP contribution < -0.4 is 15.0 Å². The highest BCUT2D eigenvalue weighted by molar-refractivity contribution is 7.89. The number of aromatic amines is 1. The molecule has 0 bridgehead atoms. The smallest absolute Gasteiger partial charge is 0.252 e. The van der Waals surface area contributed by atoms with Crippen LogP contribution in [0.5, 0.6) is 5.75 Å². The van der Waals surface area contributed by atoms with Crippen LogP contribution in [-0.4, -0.2) is 20.5 Å². The number of pyridine rings is 1. The molecule has 7 heteroatoms. The average molecular weight is 358 g/mol. The zero-order chi connectivity index (χ0) is 18.0. The molecule has 0 aliphatic rings. The van der Waals surface area contributed by atoms with E-state index in [1.807, 2.05) is 18.2 Å². The summed E-state index contributed by atoms with van der Waals surface area (Å²) in [5.41, 5.74) is 1.52. The molecule has 0 spiro atoms. The van der Waals surface area contributed by atoms with E-state index in [2.05, 4.69) is 9.71 Å². The maximum atomic E-state index is 12.6. The summed E-state index contributed by atoms with van der Waals surface area (Å²) in [5, 5.41) is 0.837. The first-order valence-corrected chi connectivity index (χ1v) is 9.14. The summed E-state index contributed by atoms with van der Waals surface area (Å²) in [5.74, 6) is 0.255. The molecule has 0 unspecified atom stereocenters. The maximum absolute atomic E-state index is 12.6. The van der Waals surface area contributed by atoms with E-state index >= 15 is 0 Å². The Morgan fingerprint density at radius 3 is 2.64 bits per heavy atom. The molecule has 2 aromatic carbocycles. The number of aryl methyl sites for hydroxylation is 1. The minimum absolute atomic E-state index is 0.0483. The molecule has 3 aromatic rings. The minimum atomic E-state index is -3.82. The minimum Gasteiger partial charge on any atom is -0.495 e. The van der Waals surface area contributed by atoms with Gasteiger partial charge in [-0.1, -0.05) is 24.3 Å². The second-order valence-corrected chi connectivity index (χ2v) is 7.43. The standard InChI is InChI=1S/C18H18N2O4S/c1-12-7-8-16(24-2)17(9-12)25(22,23)19-11-14-10-13-5-3-4-6-15(13)20-18(14)21/h3-10,19H,11H2,1-2H3,(H,20,21). The Balaban J connectivity index is 1.92. The largest absolute Gasteiger partial charge is 0.495 e. The highest BCUT2D eigenvalue weighted by atomic mass is 32.2. The van der Waals surface area contributed by atoms with Gasteiger partial charge in [-0.3, -0.25) is 4.79 Å². The van der Waals surface area contributed by atoms with Gasteiger partial charge >= 0.3 is 0 Å². The van der Waals surface area contributed by atoms with Gasteiger partial charge in [-0.25, -0.2) is 13.1 Å². The van der Waals surface area contributed by atoms with E-state index in [-0.39, 0.29) is 22.7 Å². The van der Waals surface area contributed by atoms with Crippen LogP contribution in [0.4, 0.5) is 0 Å². The van der Waals surface area contributed by atoms with Crippen molar-refractivity contribution in [3.05, 3.63) is 70.0 Å². The number of benzene rings is 2. The van der Waals surface area contributed by atoms with Crippen LogP contribution in [0.2, 0.25) is 0 Å². The first-order chi connectivity index (χ1) is 11.9. The number of para-hydroxylation sites is 1. The predicted molar refractivity (Wildman–Crippen MR) is 96.3 cm³/mol. The second kappa shape index (κ2) is 6.70. The van der Waals surface area contributed by atoms with Crippen LogP contribution in [-0.2, 0) is 16.6 Å². The SMILES string of the molecule is COc1ccc(C)cc1S(=O)(=O)NCc1cc2ccccc2[nH]c1=O. The summed E-state index contributed by atoms with van der Waals surface area (Å²) in [6.07, 6.45) is 0. The molecule has 0 aliphatic heterocycles. The molecular weight excluding hydrogens is 340 g/mol. The maximum Gasteiger partial charge on any atom is 0.252 e. The molecule has 0 saturated carbocycles. The van der Waals surface area contributed by atoms with Crippen molar-refractivity contribution in [2.45, 2.75) is 18.4 Å². The van der Waals surface area contributed by atoms with E-state index in [9.17, 15) is 13.2 Å². The van der Waals surface area contributed by atoms with Crippen molar-refractivity contribution >= 4 is 20.9 Å². The van der Waals surface area contributed by atoms with Gasteiger partial charge in [-0.05, 0) is 42.1 Å². The van der Waals surface area contributed by atoms with E-state index in [4.69, 9.17) is 4.74 Å². The van der Waals surface area contributed by atoms with E-state index in [1.165, 1.54) is 13.2 Å². The summed E-state index contributed by atoms with van der Waals surface area (Å²) >= 11 is 0. The van der Waals surface area contributed by atoms with Gasteiger partial charge in [-0.15, -0.1) is 0 Å². The monoisotopic (exact) mass is 358 g/mol. The Morgan fingerprint density at radius 2 is 1.88 bits per heavy atom. The highest BCUT2D eigenvalue weighted by Gasteiger charge is 2.20. The van der Waals surface area contributed by atoms with Crippen molar-refractivity contribution < 1.29 is 13.2 Å². The van der Waals surface area contributed by atoms with Crippen molar-refractivity contribution in [2.75, 3.05) is 7.11 Å². The summed E-state index contributed by atoms with van der Waals surface area (Å²) in [7, 11) is -2.41. The zero-order valence-electron chi connectivity index (χ0n) is 13.9. The Kier molecular flexibility index (Phi) is 4.61. The molecule has 130 valence electrons. The summed E-state index contributed by atoms with van der Waals surface area (Å²) in [6.45, 7) is 1.69. The van der Waals surface area contributed by atoms with Gasteiger partial charge in [0.25, 0.3) is 5.56 Å². The molecule has 3 rings (SSSR count). The van der Waals surface area contributed by atoms with Crippen molar-refractivity contribution in [3.63, 3.8) is 0 Å². The Labute approximate surface area is 145 Å². The van der Waals surface area contributed by atoms with Crippen molar-refractivity contribution in [2.24, 2.45) is 0 Å². The molecule has 0 saturated heterocycles. The molecule has 0 aliphatic carbocycles. The van der Waals surface area contributed by atoms with Crippen LogP contribution in [0.25, 0.3) is 10.9 Å². The molecule has 25 heavy (non-hydrogen) atoms. The number of nitrogens with one attached hydrogen (secondary N) is 2. The van der Waals surface area contributed by atoms with Crippen molar-refractivity contribution in [1.82, 2.24) is 9.71 Å². The van der Waals surface area contributed by atoms with Crippen LogP contribution in [0.1, 0.15) is 11.1 Å². The third-order valence-corrected chi connectivity index (χ3v) is 5.31. The third-order valence-electron chi connectivity index (χ3n) is 3.89. The Hall–Kier alpha value is -2.64. The van der Waals surface area contributed by atoms with Crippen LogP contribution in [0.15, 0.2) is 58.2 Å². The number of rotatable bonds is 5. The second-order valence-electron chi connectivity index (χ2n) is 5.69. The summed E-state index contributed by atoms with van der Waals surface area (Å²) in [4.78, 5) is 14.9. The molecule has 0 radical (unpaired) electrons. The molecule has 0 fully saturated rings. The highest BCUT2D eigenvalue weighted by Crippen LogP contribution is 2.24. The molecule has 1 heterocycles. The van der Waals surface area contributed by atoms with E-state index in [0.717, 1.165) is 10.9 Å². The number of hydrogen-bond acceptors (Lipinski definition) is 4. The fraction of sp³-hybridized carbons (Fsp3) is 0.167. The number of methoxy groups -OCH3 is 1. The number of H-pyrrole nitrogens is 1. The summed E-state index contributed by atoms with van der Waals surface area (Å²) < 4.78 is 32.8. The molecule has 1 aromatic heterocycles.